The number of fused-ring (bicyclic) bond motifs is 1. The number of amidine groups is 1. The molecule has 1 saturated carbocycles. The summed E-state index contributed by atoms with van der Waals surface area (Å²) < 4.78 is 10.4. The van der Waals surface area contributed by atoms with Gasteiger partial charge in [0.2, 0.25) is 5.88 Å². The lowest BCUT2D eigenvalue weighted by atomic mass is 10.0. The third-order valence-corrected chi connectivity index (χ3v) is 4.02. The van der Waals surface area contributed by atoms with Crippen LogP contribution in [-0.2, 0) is 0 Å². The highest BCUT2D eigenvalue weighted by molar-refractivity contribution is 6.18. The number of allylic oxidation sites excluding steroid dienone is 1. The number of aliphatic imine (C=N–C) groups is 1. The maximum atomic E-state index is 5.38. The Morgan fingerprint density at radius 1 is 1.26 bits per heavy atom. The molecule has 3 aliphatic rings. The maximum absolute atomic E-state index is 5.38. The lowest BCUT2D eigenvalue weighted by Crippen LogP contribution is -2.30. The van der Waals surface area contributed by atoms with E-state index in [0.717, 1.165) is 22.8 Å². The van der Waals surface area contributed by atoms with Gasteiger partial charge < -0.3 is 9.47 Å². The van der Waals surface area contributed by atoms with Crippen LogP contribution in [0.1, 0.15) is 18.4 Å². The average Bonchev–Trinajstić information content (AvgIpc) is 3.34. The Kier molecular flexibility index (Phi) is 3.14. The summed E-state index contributed by atoms with van der Waals surface area (Å²) in [6.07, 6.45) is 6.13. The topological polar surface area (TPSA) is 72.2 Å². The molecule has 0 bridgehead atoms. The van der Waals surface area contributed by atoms with E-state index in [4.69, 9.17) is 9.47 Å². The third kappa shape index (κ3) is 2.38. The molecule has 7 heteroatoms. The van der Waals surface area contributed by atoms with Gasteiger partial charge in [-0.3, -0.25) is 0 Å². The second-order valence-electron chi connectivity index (χ2n) is 5.70. The van der Waals surface area contributed by atoms with Crippen molar-refractivity contribution in [2.45, 2.75) is 12.8 Å². The van der Waals surface area contributed by atoms with Gasteiger partial charge in [-0.25, -0.2) is 15.0 Å². The van der Waals surface area contributed by atoms with Crippen LogP contribution in [0.15, 0.2) is 40.2 Å². The molecule has 2 aliphatic heterocycles. The lowest BCUT2D eigenvalue weighted by molar-refractivity contribution is 0.351. The van der Waals surface area contributed by atoms with Crippen molar-refractivity contribution in [3.05, 3.63) is 35.7 Å². The van der Waals surface area contributed by atoms with E-state index in [1.165, 1.54) is 25.5 Å². The number of hydrazone groups is 1. The molecule has 4 rings (SSSR count). The minimum atomic E-state index is 0.269. The van der Waals surface area contributed by atoms with Gasteiger partial charge in [-0.05, 0) is 24.8 Å². The van der Waals surface area contributed by atoms with Gasteiger partial charge in [0.05, 0.1) is 37.7 Å². The summed E-state index contributed by atoms with van der Waals surface area (Å²) in [5, 5.41) is 6.57. The first kappa shape index (κ1) is 13.9. The van der Waals surface area contributed by atoms with Crippen molar-refractivity contribution in [2.24, 2.45) is 16.0 Å². The molecule has 3 heterocycles. The Hall–Kier alpha value is -2.70. The molecule has 0 atom stereocenters. The van der Waals surface area contributed by atoms with E-state index in [0.29, 0.717) is 18.3 Å². The summed E-state index contributed by atoms with van der Waals surface area (Å²) in [6, 6.07) is 0.269. The second-order valence-corrected chi connectivity index (χ2v) is 5.70. The molecule has 0 saturated heterocycles. The van der Waals surface area contributed by atoms with Gasteiger partial charge >= 0.3 is 6.01 Å². The number of methoxy groups -OCH3 is 2. The third-order valence-electron chi connectivity index (χ3n) is 4.02. The van der Waals surface area contributed by atoms with Gasteiger partial charge in [-0.15, -0.1) is 0 Å². The van der Waals surface area contributed by atoms with Crippen LogP contribution in [0.2, 0.25) is 0 Å². The highest BCUT2D eigenvalue weighted by Gasteiger charge is 2.37. The fourth-order valence-electron chi connectivity index (χ4n) is 2.76. The number of hydrogen-bond acceptors (Lipinski definition) is 7. The molecule has 0 N–H and O–H groups in total. The largest absolute Gasteiger partial charge is 0.480 e. The van der Waals surface area contributed by atoms with E-state index in [1.807, 2.05) is 5.01 Å². The minimum Gasteiger partial charge on any atom is -0.480 e. The Labute approximate surface area is 134 Å². The molecule has 1 aromatic rings. The van der Waals surface area contributed by atoms with Crippen molar-refractivity contribution in [3.8, 4) is 11.9 Å². The van der Waals surface area contributed by atoms with Crippen molar-refractivity contribution in [1.82, 2.24) is 15.0 Å². The van der Waals surface area contributed by atoms with Gasteiger partial charge in [-0.2, -0.15) is 10.1 Å². The first-order chi connectivity index (χ1) is 11.2. The predicted molar refractivity (Wildman–Crippen MR) is 85.8 cm³/mol. The van der Waals surface area contributed by atoms with Crippen LogP contribution >= 0.6 is 0 Å². The lowest BCUT2D eigenvalue weighted by Gasteiger charge is -2.23. The summed E-state index contributed by atoms with van der Waals surface area (Å²) >= 11 is 0. The minimum absolute atomic E-state index is 0.269. The van der Waals surface area contributed by atoms with E-state index in [-0.39, 0.29) is 6.01 Å². The first-order valence-electron chi connectivity index (χ1n) is 7.49. The van der Waals surface area contributed by atoms with Crippen LogP contribution < -0.4 is 9.47 Å². The number of nitrogens with zero attached hydrogens (tertiary/aromatic N) is 5. The SMILES string of the molecule is C=C1CN2N=C(c3cnc(OC)nc3OC)C=C(C3CC3)C2=N1. The highest BCUT2D eigenvalue weighted by atomic mass is 16.5. The summed E-state index contributed by atoms with van der Waals surface area (Å²) in [4.78, 5) is 13.0. The molecule has 1 aromatic heterocycles. The monoisotopic (exact) mass is 311 g/mol. The first-order valence-corrected chi connectivity index (χ1v) is 7.49. The maximum Gasteiger partial charge on any atom is 0.319 e. The van der Waals surface area contributed by atoms with E-state index < -0.39 is 0 Å². The predicted octanol–water partition coefficient (Wildman–Crippen LogP) is 1.78. The number of rotatable bonds is 4. The van der Waals surface area contributed by atoms with Crippen LogP contribution in [0, 0.1) is 5.92 Å². The van der Waals surface area contributed by atoms with Crippen LogP contribution in [0.25, 0.3) is 0 Å². The van der Waals surface area contributed by atoms with Crippen LogP contribution in [-0.4, -0.2) is 47.3 Å². The van der Waals surface area contributed by atoms with Crippen molar-refractivity contribution < 1.29 is 9.47 Å². The molecule has 118 valence electrons. The Morgan fingerprint density at radius 2 is 2.09 bits per heavy atom. The molecule has 7 nitrogen and oxygen atoms in total. The van der Waals surface area contributed by atoms with Crippen molar-refractivity contribution in [1.29, 1.82) is 0 Å². The molecule has 0 radical (unpaired) electrons. The Bertz CT molecular complexity index is 777. The van der Waals surface area contributed by atoms with Gasteiger partial charge in [0.15, 0.2) is 5.84 Å². The van der Waals surface area contributed by atoms with E-state index in [1.54, 1.807) is 13.3 Å². The van der Waals surface area contributed by atoms with Crippen LogP contribution in [0.3, 0.4) is 0 Å². The molecule has 1 fully saturated rings. The van der Waals surface area contributed by atoms with Crippen molar-refractivity contribution in [3.63, 3.8) is 0 Å². The van der Waals surface area contributed by atoms with E-state index in [2.05, 4.69) is 32.7 Å². The second kappa shape index (κ2) is 5.19. The van der Waals surface area contributed by atoms with Gasteiger partial charge in [0.1, 0.15) is 0 Å². The smallest absolute Gasteiger partial charge is 0.319 e. The van der Waals surface area contributed by atoms with Crippen molar-refractivity contribution in [2.75, 3.05) is 20.8 Å². The Morgan fingerprint density at radius 3 is 2.78 bits per heavy atom. The normalized spacial score (nSPS) is 19.8. The standard InChI is InChI=1S/C16H17N5O2/c1-9-8-21-14(18-9)11(10-4-5-10)6-13(20-21)12-7-17-16(23-3)19-15(12)22-2/h6-7,10H,1,4-5,8H2,2-3H3. The summed E-state index contributed by atoms with van der Waals surface area (Å²) in [5.74, 6) is 1.92. The zero-order valence-electron chi connectivity index (χ0n) is 13.1. The molecule has 0 unspecified atom stereocenters. The van der Waals surface area contributed by atoms with E-state index >= 15 is 0 Å². The number of hydrogen-bond donors (Lipinski definition) is 0. The fraction of sp³-hybridized carbons (Fsp3) is 0.375. The summed E-state index contributed by atoms with van der Waals surface area (Å²) in [7, 11) is 3.10. The molecule has 23 heavy (non-hydrogen) atoms. The quantitative estimate of drug-likeness (QED) is 0.847. The van der Waals surface area contributed by atoms with Gasteiger partial charge in [0, 0.05) is 11.8 Å². The molecular formula is C16H17N5O2. The highest BCUT2D eigenvalue weighted by Crippen LogP contribution is 2.41. The summed E-state index contributed by atoms with van der Waals surface area (Å²) in [6.45, 7) is 4.57. The number of ether oxygens (including phenoxy) is 2. The van der Waals surface area contributed by atoms with Crippen molar-refractivity contribution >= 4 is 11.5 Å². The molecule has 0 amide bonds. The average molecular weight is 311 g/mol. The van der Waals surface area contributed by atoms with Gasteiger partial charge in [-0.1, -0.05) is 6.58 Å². The van der Waals surface area contributed by atoms with Crippen LogP contribution in [0.5, 0.6) is 11.9 Å². The fourth-order valence-corrected chi connectivity index (χ4v) is 2.76. The molecule has 0 spiro atoms. The summed E-state index contributed by atoms with van der Waals surface area (Å²) in [5.41, 5.74) is 3.56. The number of aromatic nitrogens is 2. The molecular weight excluding hydrogens is 294 g/mol. The molecule has 1 aliphatic carbocycles. The Balaban J connectivity index is 1.79. The van der Waals surface area contributed by atoms with Gasteiger partial charge in [0.25, 0.3) is 0 Å². The zero-order chi connectivity index (χ0) is 16.0. The van der Waals surface area contributed by atoms with Crippen LogP contribution in [0.4, 0.5) is 0 Å². The molecule has 0 aromatic carbocycles. The van der Waals surface area contributed by atoms with E-state index in [9.17, 15) is 0 Å². The zero-order valence-corrected chi connectivity index (χ0v) is 13.1.